The van der Waals surface area contributed by atoms with Gasteiger partial charge in [-0.25, -0.2) is 0 Å². The Labute approximate surface area is 143 Å². The van der Waals surface area contributed by atoms with Crippen LogP contribution in [0.5, 0.6) is 0 Å². The van der Waals surface area contributed by atoms with Gasteiger partial charge in [0.15, 0.2) is 0 Å². The van der Waals surface area contributed by atoms with Crippen LogP contribution in [0.3, 0.4) is 0 Å². The summed E-state index contributed by atoms with van der Waals surface area (Å²) >= 11 is 0. The van der Waals surface area contributed by atoms with Gasteiger partial charge in [-0.05, 0) is 5.04 Å². The first-order chi connectivity index (χ1) is 9.34. The minimum Gasteiger partial charge on any atom is -0.122 e. The molecule has 0 spiro atoms. The summed E-state index contributed by atoms with van der Waals surface area (Å²) in [6.07, 6.45) is 0. The Hall–Kier alpha value is -0.876. The molecule has 0 nitrogen and oxygen atoms in total. The standard InChI is InChI=1S/C19H25Si.Li/c1-19(2,3)20(4,5)18(16-12-8-6-9-13-16)17-14-10-7-11-15-17;/h6-15H,1-5H3;/q-1;+1. The zero-order valence-electron chi connectivity index (χ0n) is 14.3. The maximum Gasteiger partial charge on any atom is 1.00 e. The maximum absolute atomic E-state index is 2.49. The van der Waals surface area contributed by atoms with E-state index in [1.54, 1.807) is 5.54 Å². The van der Waals surface area contributed by atoms with E-state index in [0.717, 1.165) is 0 Å². The first-order valence-corrected chi connectivity index (χ1v) is 10.3. The Morgan fingerprint density at radius 3 is 1.33 bits per heavy atom. The van der Waals surface area contributed by atoms with Crippen LogP contribution in [-0.2, 0) is 0 Å². The van der Waals surface area contributed by atoms with Crippen molar-refractivity contribution in [1.82, 2.24) is 0 Å². The normalized spacial score (nSPS) is 11.7. The molecule has 2 heteroatoms. The van der Waals surface area contributed by atoms with E-state index < -0.39 is 8.07 Å². The Morgan fingerprint density at radius 1 is 0.714 bits per heavy atom. The smallest absolute Gasteiger partial charge is 0.122 e. The van der Waals surface area contributed by atoms with Gasteiger partial charge in [-0.15, -0.1) is 40.9 Å². The van der Waals surface area contributed by atoms with Gasteiger partial charge in [0.2, 0.25) is 0 Å². The van der Waals surface area contributed by atoms with Crippen molar-refractivity contribution in [2.75, 3.05) is 0 Å². The summed E-state index contributed by atoms with van der Waals surface area (Å²) in [7, 11) is -1.60. The van der Waals surface area contributed by atoms with E-state index in [1.807, 2.05) is 0 Å². The number of benzene rings is 2. The van der Waals surface area contributed by atoms with E-state index in [2.05, 4.69) is 94.5 Å². The fourth-order valence-electron chi connectivity index (χ4n) is 2.47. The van der Waals surface area contributed by atoms with Gasteiger partial charge in [0.1, 0.15) is 0 Å². The molecule has 0 unspecified atom stereocenters. The Kier molecular flexibility index (Phi) is 5.99. The average Bonchev–Trinajstić information content (AvgIpc) is 2.40. The SMILES string of the molecule is CC(C)(C)[Si](C)(C)[C-](c1ccccc1)c1ccccc1.[Li+]. The molecule has 0 aliphatic heterocycles. The summed E-state index contributed by atoms with van der Waals surface area (Å²) in [5, 5.41) is 0.327. The maximum atomic E-state index is 2.49. The number of rotatable bonds is 3. The van der Waals surface area contributed by atoms with Crippen LogP contribution >= 0.6 is 0 Å². The van der Waals surface area contributed by atoms with Gasteiger partial charge in [-0.3, -0.25) is 0 Å². The van der Waals surface area contributed by atoms with Crippen LogP contribution in [0.2, 0.25) is 18.1 Å². The first kappa shape index (κ1) is 18.2. The second-order valence-electron chi connectivity index (χ2n) is 6.98. The molecule has 0 aliphatic carbocycles. The Bertz CT molecular complexity index is 501. The molecule has 0 radical (unpaired) electrons. The third kappa shape index (κ3) is 3.86. The van der Waals surface area contributed by atoms with Crippen molar-refractivity contribution in [3.8, 4) is 0 Å². The van der Waals surface area contributed by atoms with Crippen molar-refractivity contribution >= 4 is 8.07 Å². The fraction of sp³-hybridized carbons (Fsp3) is 0.316. The molecule has 2 rings (SSSR count). The van der Waals surface area contributed by atoms with Crippen LogP contribution in [-0.4, -0.2) is 8.07 Å². The van der Waals surface area contributed by atoms with Gasteiger partial charge in [0.25, 0.3) is 0 Å². The van der Waals surface area contributed by atoms with Gasteiger partial charge in [-0.1, -0.05) is 70.3 Å². The van der Waals surface area contributed by atoms with E-state index in [0.29, 0.717) is 5.04 Å². The average molecular weight is 288 g/mol. The van der Waals surface area contributed by atoms with Crippen molar-refractivity contribution in [3.63, 3.8) is 0 Å². The van der Waals surface area contributed by atoms with E-state index >= 15 is 0 Å². The summed E-state index contributed by atoms with van der Waals surface area (Å²) in [5.41, 5.74) is 4.32. The molecule has 0 fully saturated rings. The summed E-state index contributed by atoms with van der Waals surface area (Å²) in [4.78, 5) is 0. The molecule has 0 saturated carbocycles. The van der Waals surface area contributed by atoms with Crippen molar-refractivity contribution in [2.24, 2.45) is 0 Å². The van der Waals surface area contributed by atoms with E-state index in [-0.39, 0.29) is 18.9 Å². The molecular formula is C19H25LiSi. The summed E-state index contributed by atoms with van der Waals surface area (Å²) in [5.74, 6) is 0. The van der Waals surface area contributed by atoms with Crippen LogP contribution < -0.4 is 18.9 Å². The molecule has 106 valence electrons. The molecule has 0 saturated heterocycles. The monoisotopic (exact) mass is 288 g/mol. The van der Waals surface area contributed by atoms with Gasteiger partial charge in [0.05, 0.1) is 0 Å². The zero-order chi connectivity index (χ0) is 14.8. The minimum absolute atomic E-state index is 0. The van der Waals surface area contributed by atoms with E-state index in [9.17, 15) is 0 Å². The molecular weight excluding hydrogens is 263 g/mol. The van der Waals surface area contributed by atoms with Gasteiger partial charge in [0, 0.05) is 8.07 Å². The molecule has 0 aromatic heterocycles. The van der Waals surface area contributed by atoms with Gasteiger partial charge >= 0.3 is 18.9 Å². The molecule has 2 aromatic carbocycles. The molecule has 21 heavy (non-hydrogen) atoms. The quantitative estimate of drug-likeness (QED) is 0.602. The van der Waals surface area contributed by atoms with Crippen LogP contribution in [0.15, 0.2) is 60.7 Å². The van der Waals surface area contributed by atoms with Gasteiger partial charge in [-0.2, -0.15) is 0 Å². The van der Waals surface area contributed by atoms with Gasteiger partial charge < -0.3 is 0 Å². The summed E-state index contributed by atoms with van der Waals surface area (Å²) in [6, 6.07) is 21.8. The molecule has 0 N–H and O–H groups in total. The Morgan fingerprint density at radius 2 is 1.05 bits per heavy atom. The third-order valence-electron chi connectivity index (χ3n) is 4.62. The molecule has 0 aliphatic rings. The largest absolute Gasteiger partial charge is 1.00 e. The van der Waals surface area contributed by atoms with Crippen molar-refractivity contribution in [1.29, 1.82) is 0 Å². The second-order valence-corrected chi connectivity index (χ2v) is 12.2. The van der Waals surface area contributed by atoms with Crippen molar-refractivity contribution < 1.29 is 18.9 Å². The fourth-order valence-corrected chi connectivity index (χ4v) is 5.00. The Balaban J connectivity index is 0.00000220. The number of hydrogen-bond acceptors (Lipinski definition) is 0. The summed E-state index contributed by atoms with van der Waals surface area (Å²) < 4.78 is 0. The predicted molar refractivity (Wildman–Crippen MR) is 91.5 cm³/mol. The van der Waals surface area contributed by atoms with E-state index in [1.165, 1.54) is 11.1 Å². The van der Waals surface area contributed by atoms with Crippen LogP contribution in [0.4, 0.5) is 0 Å². The third-order valence-corrected chi connectivity index (χ3v) is 10.2. The van der Waals surface area contributed by atoms with Crippen LogP contribution in [0.1, 0.15) is 31.9 Å². The second kappa shape index (κ2) is 6.92. The number of hydrogen-bond donors (Lipinski definition) is 0. The van der Waals surface area contributed by atoms with Crippen LogP contribution in [0, 0.1) is 5.54 Å². The molecule has 2 aromatic rings. The topological polar surface area (TPSA) is 0 Å². The molecule has 0 atom stereocenters. The molecule has 0 amide bonds. The zero-order valence-corrected chi connectivity index (χ0v) is 15.3. The minimum atomic E-state index is -1.60. The first-order valence-electron chi connectivity index (χ1n) is 7.32. The molecule has 0 heterocycles. The van der Waals surface area contributed by atoms with Crippen molar-refractivity contribution in [2.45, 2.75) is 38.9 Å². The molecule has 0 bridgehead atoms. The van der Waals surface area contributed by atoms with E-state index in [4.69, 9.17) is 0 Å². The van der Waals surface area contributed by atoms with Crippen LogP contribution in [0.25, 0.3) is 0 Å². The predicted octanol–water partition coefficient (Wildman–Crippen LogP) is 2.71. The summed E-state index contributed by atoms with van der Waals surface area (Å²) in [6.45, 7) is 12.1. The van der Waals surface area contributed by atoms with Crippen molar-refractivity contribution in [3.05, 3.63) is 77.3 Å².